The molecule has 1 aliphatic rings. The number of aliphatic hydroxyl groups excluding tert-OH is 1. The first-order chi connectivity index (χ1) is 10.3. The van der Waals surface area contributed by atoms with Crippen molar-refractivity contribution in [3.8, 4) is 0 Å². The van der Waals surface area contributed by atoms with Crippen molar-refractivity contribution in [3.63, 3.8) is 0 Å². The second-order valence-corrected chi connectivity index (χ2v) is 6.18. The molecular weight excluding hydrogens is 284 g/mol. The van der Waals surface area contributed by atoms with Gasteiger partial charge in [-0.25, -0.2) is 0 Å². The number of carboxylic acids is 1. The molecule has 2 unspecified atom stereocenters. The highest BCUT2D eigenvalue weighted by molar-refractivity contribution is 5.67. The van der Waals surface area contributed by atoms with Crippen molar-refractivity contribution in [3.05, 3.63) is 34.9 Å². The van der Waals surface area contributed by atoms with Crippen LogP contribution in [0.25, 0.3) is 0 Å². The van der Waals surface area contributed by atoms with Crippen molar-refractivity contribution in [2.24, 2.45) is 0 Å². The quantitative estimate of drug-likeness (QED) is 0.872. The molecule has 5 nitrogen and oxygen atoms in total. The number of benzene rings is 1. The van der Waals surface area contributed by atoms with Gasteiger partial charge in [0.05, 0.1) is 19.3 Å². The Morgan fingerprint density at radius 1 is 1.41 bits per heavy atom. The lowest BCUT2D eigenvalue weighted by molar-refractivity contribution is -0.285. The number of rotatable bonds is 5. The minimum Gasteiger partial charge on any atom is -0.481 e. The maximum absolute atomic E-state index is 10.8. The van der Waals surface area contributed by atoms with Crippen LogP contribution in [0.1, 0.15) is 42.9 Å². The van der Waals surface area contributed by atoms with Gasteiger partial charge in [0.1, 0.15) is 0 Å². The number of carbonyl (C=O) groups is 1. The second-order valence-electron chi connectivity index (χ2n) is 6.18. The van der Waals surface area contributed by atoms with Crippen LogP contribution in [-0.4, -0.2) is 41.3 Å². The van der Waals surface area contributed by atoms with Crippen LogP contribution in [0.4, 0.5) is 0 Å². The maximum Gasteiger partial charge on any atom is 0.303 e. The molecule has 1 aromatic carbocycles. The van der Waals surface area contributed by atoms with Crippen molar-refractivity contribution >= 4 is 5.97 Å². The van der Waals surface area contributed by atoms with Crippen LogP contribution < -0.4 is 0 Å². The molecule has 2 N–H and O–H groups in total. The fourth-order valence-corrected chi connectivity index (χ4v) is 2.95. The predicted molar refractivity (Wildman–Crippen MR) is 81.9 cm³/mol. The molecule has 1 saturated heterocycles. The predicted octanol–water partition coefficient (Wildman–Crippen LogP) is 2.24. The molecule has 122 valence electrons. The summed E-state index contributed by atoms with van der Waals surface area (Å²) in [6.07, 6.45) is 0.286. The van der Waals surface area contributed by atoms with Crippen molar-refractivity contribution in [1.29, 1.82) is 0 Å². The van der Waals surface area contributed by atoms with Crippen LogP contribution in [-0.2, 0) is 20.7 Å². The molecule has 1 fully saturated rings. The molecule has 0 aromatic heterocycles. The molecule has 0 spiro atoms. The Morgan fingerprint density at radius 3 is 2.77 bits per heavy atom. The molecule has 0 amide bonds. The largest absolute Gasteiger partial charge is 0.481 e. The third-order valence-electron chi connectivity index (χ3n) is 4.17. The Bertz CT molecular complexity index is 538. The number of aliphatic hydroxyl groups is 1. The molecule has 0 saturated carbocycles. The van der Waals surface area contributed by atoms with E-state index in [9.17, 15) is 9.90 Å². The Kier molecular flexibility index (Phi) is 5.21. The minimum absolute atomic E-state index is 0.0530. The first kappa shape index (κ1) is 16.9. The summed E-state index contributed by atoms with van der Waals surface area (Å²) < 4.78 is 11.5. The average molecular weight is 308 g/mol. The average Bonchev–Trinajstić information content (AvgIpc) is 2.45. The highest BCUT2D eigenvalue weighted by Crippen LogP contribution is 2.35. The molecule has 22 heavy (non-hydrogen) atoms. The first-order valence-electron chi connectivity index (χ1n) is 7.57. The van der Waals surface area contributed by atoms with Crippen LogP contribution in [0.2, 0.25) is 0 Å². The van der Waals surface area contributed by atoms with Crippen LogP contribution in [0, 0.1) is 6.92 Å². The minimum atomic E-state index is -0.802. The van der Waals surface area contributed by atoms with Crippen molar-refractivity contribution in [2.75, 3.05) is 13.2 Å². The molecule has 5 heteroatoms. The third kappa shape index (κ3) is 3.85. The van der Waals surface area contributed by atoms with E-state index < -0.39 is 11.8 Å². The van der Waals surface area contributed by atoms with Gasteiger partial charge in [0.2, 0.25) is 0 Å². The van der Waals surface area contributed by atoms with E-state index in [4.69, 9.17) is 14.6 Å². The van der Waals surface area contributed by atoms with Gasteiger partial charge in [0.25, 0.3) is 0 Å². The smallest absolute Gasteiger partial charge is 0.303 e. The van der Waals surface area contributed by atoms with E-state index in [1.54, 1.807) is 0 Å². The fourth-order valence-electron chi connectivity index (χ4n) is 2.95. The summed E-state index contributed by atoms with van der Waals surface area (Å²) in [6.45, 7) is 6.06. The molecule has 2 atom stereocenters. The second kappa shape index (κ2) is 6.77. The van der Waals surface area contributed by atoms with E-state index >= 15 is 0 Å². The normalized spacial score (nSPS) is 24.2. The summed E-state index contributed by atoms with van der Waals surface area (Å²) in [7, 11) is 0. The summed E-state index contributed by atoms with van der Waals surface area (Å²) in [4.78, 5) is 10.8. The van der Waals surface area contributed by atoms with Crippen LogP contribution in [0.3, 0.4) is 0 Å². The summed E-state index contributed by atoms with van der Waals surface area (Å²) >= 11 is 0. The first-order valence-corrected chi connectivity index (χ1v) is 7.57. The van der Waals surface area contributed by atoms with Crippen molar-refractivity contribution < 1.29 is 24.5 Å². The molecule has 0 radical (unpaired) electrons. The summed E-state index contributed by atoms with van der Waals surface area (Å²) in [5.41, 5.74) is 3.12. The third-order valence-corrected chi connectivity index (χ3v) is 4.17. The Hall–Kier alpha value is -1.43. The van der Waals surface area contributed by atoms with E-state index in [0.29, 0.717) is 13.0 Å². The molecular formula is C17H24O5. The van der Waals surface area contributed by atoms with Gasteiger partial charge in [-0.3, -0.25) is 4.79 Å². The highest BCUT2D eigenvalue weighted by atomic mass is 16.7. The Morgan fingerprint density at radius 2 is 2.14 bits per heavy atom. The van der Waals surface area contributed by atoms with E-state index in [-0.39, 0.29) is 25.0 Å². The number of aliphatic carboxylic acids is 1. The van der Waals surface area contributed by atoms with Gasteiger partial charge in [-0.05, 0) is 43.9 Å². The SMILES string of the molecule is Cc1c(CCC(=O)O)cccc1C1COC(C)(C)OC1CO. The van der Waals surface area contributed by atoms with E-state index in [1.165, 1.54) is 0 Å². The number of aryl methyl sites for hydroxylation is 1. The van der Waals surface area contributed by atoms with E-state index in [2.05, 4.69) is 0 Å². The van der Waals surface area contributed by atoms with Crippen LogP contribution in [0.15, 0.2) is 18.2 Å². The Balaban J connectivity index is 2.24. The maximum atomic E-state index is 10.8. The summed E-state index contributed by atoms with van der Waals surface area (Å²) in [5.74, 6) is -1.55. The van der Waals surface area contributed by atoms with Gasteiger partial charge in [-0.1, -0.05) is 18.2 Å². The van der Waals surface area contributed by atoms with Gasteiger partial charge < -0.3 is 19.7 Å². The van der Waals surface area contributed by atoms with Gasteiger partial charge >= 0.3 is 5.97 Å². The lowest BCUT2D eigenvalue weighted by Crippen LogP contribution is -2.46. The topological polar surface area (TPSA) is 76.0 Å². The van der Waals surface area contributed by atoms with Gasteiger partial charge in [-0.2, -0.15) is 0 Å². The number of hydrogen-bond donors (Lipinski definition) is 2. The van der Waals surface area contributed by atoms with Gasteiger partial charge in [0.15, 0.2) is 5.79 Å². The van der Waals surface area contributed by atoms with Crippen molar-refractivity contribution in [2.45, 2.75) is 51.4 Å². The molecule has 0 aliphatic carbocycles. The van der Waals surface area contributed by atoms with Gasteiger partial charge in [0, 0.05) is 12.3 Å². The fraction of sp³-hybridized carbons (Fsp3) is 0.588. The monoisotopic (exact) mass is 308 g/mol. The summed E-state index contributed by atoms with van der Waals surface area (Å²) in [6, 6.07) is 5.87. The van der Waals surface area contributed by atoms with Crippen LogP contribution >= 0.6 is 0 Å². The lowest BCUT2D eigenvalue weighted by Gasteiger charge is -2.41. The molecule has 1 aromatic rings. The zero-order chi connectivity index (χ0) is 16.3. The lowest BCUT2D eigenvalue weighted by atomic mass is 9.87. The molecule has 1 aliphatic heterocycles. The van der Waals surface area contributed by atoms with E-state index in [1.807, 2.05) is 39.0 Å². The highest BCUT2D eigenvalue weighted by Gasteiger charge is 2.37. The number of carboxylic acid groups (broad SMARTS) is 1. The van der Waals surface area contributed by atoms with Crippen LogP contribution in [0.5, 0.6) is 0 Å². The Labute approximate surface area is 130 Å². The number of hydrogen-bond acceptors (Lipinski definition) is 4. The standard InChI is InChI=1S/C17H24O5/c1-11-12(7-8-16(19)20)5-4-6-13(11)14-10-21-17(2,3)22-15(14)9-18/h4-6,14-15,18H,7-10H2,1-3H3,(H,19,20). The zero-order valence-corrected chi connectivity index (χ0v) is 13.3. The van der Waals surface area contributed by atoms with Gasteiger partial charge in [-0.15, -0.1) is 0 Å². The summed E-state index contributed by atoms with van der Waals surface area (Å²) in [5, 5.41) is 18.5. The zero-order valence-electron chi connectivity index (χ0n) is 13.3. The van der Waals surface area contributed by atoms with E-state index in [0.717, 1.165) is 16.7 Å². The number of ether oxygens (including phenoxy) is 2. The molecule has 1 heterocycles. The molecule has 0 bridgehead atoms. The van der Waals surface area contributed by atoms with Crippen molar-refractivity contribution in [1.82, 2.24) is 0 Å². The molecule has 2 rings (SSSR count).